The van der Waals surface area contributed by atoms with Crippen molar-refractivity contribution in [3.05, 3.63) is 78.1 Å². The summed E-state index contributed by atoms with van der Waals surface area (Å²) in [6, 6.07) is 11.5. The first kappa shape index (κ1) is 26.1. The molecule has 0 bridgehead atoms. The Morgan fingerprint density at radius 2 is 1.91 bits per heavy atom. The molecule has 0 aliphatic rings. The molecule has 2 aromatic rings. The van der Waals surface area contributed by atoms with E-state index >= 15 is 0 Å². The maximum absolute atomic E-state index is 13.0. The fourth-order valence-electron chi connectivity index (χ4n) is 3.43. The van der Waals surface area contributed by atoms with Crippen molar-refractivity contribution < 1.29 is 13.2 Å². The number of aromatic nitrogens is 1. The molecule has 176 valence electrons. The highest BCUT2D eigenvalue weighted by Gasteiger charge is 2.27. The first-order valence-electron chi connectivity index (χ1n) is 11.0. The van der Waals surface area contributed by atoms with E-state index in [1.807, 2.05) is 67.7 Å². The highest BCUT2D eigenvalue weighted by atomic mass is 19.4. The lowest BCUT2D eigenvalue weighted by Crippen LogP contribution is -2.11. The minimum Gasteiger partial charge on any atom is -0.383 e. The van der Waals surface area contributed by atoms with Crippen LogP contribution in [0.5, 0.6) is 0 Å². The van der Waals surface area contributed by atoms with Gasteiger partial charge in [-0.25, -0.2) is 0 Å². The second-order valence-corrected chi connectivity index (χ2v) is 7.97. The highest BCUT2D eigenvalue weighted by Crippen LogP contribution is 2.29. The number of aryl methyl sites for hydroxylation is 1. The standard InChI is InChI=1S/C27H32F3N3/c1-6-8-10-23(18-31-3)24-13-14-25(32-26(24)15-16-27(28,29)30)22-12-9-11-21(17-22)20(7-2)19-33(4)5/h7,9-14,17-19H,2,6,8,15-16H2,1,3-5H3/b20-19+,23-10+,31-18?. The Balaban J connectivity index is 2.57. The molecule has 2 rings (SSSR count). The highest BCUT2D eigenvalue weighted by molar-refractivity contribution is 6.10. The average molecular weight is 456 g/mol. The minimum atomic E-state index is -4.25. The van der Waals surface area contributed by atoms with E-state index in [-0.39, 0.29) is 6.42 Å². The second-order valence-electron chi connectivity index (χ2n) is 7.97. The summed E-state index contributed by atoms with van der Waals surface area (Å²) in [5, 5.41) is 0. The van der Waals surface area contributed by atoms with E-state index in [9.17, 15) is 13.2 Å². The van der Waals surface area contributed by atoms with Gasteiger partial charge in [-0.05, 0) is 41.7 Å². The van der Waals surface area contributed by atoms with Gasteiger partial charge in [-0.3, -0.25) is 9.98 Å². The van der Waals surface area contributed by atoms with Gasteiger partial charge < -0.3 is 4.90 Å². The van der Waals surface area contributed by atoms with E-state index in [1.54, 1.807) is 19.3 Å². The summed E-state index contributed by atoms with van der Waals surface area (Å²) in [4.78, 5) is 10.7. The molecule has 1 aromatic heterocycles. The van der Waals surface area contributed by atoms with E-state index < -0.39 is 12.6 Å². The predicted octanol–water partition coefficient (Wildman–Crippen LogP) is 7.22. The van der Waals surface area contributed by atoms with E-state index in [2.05, 4.69) is 23.5 Å². The van der Waals surface area contributed by atoms with Crippen LogP contribution in [0.1, 0.15) is 43.0 Å². The molecule has 0 saturated carbocycles. The number of allylic oxidation sites excluding steroid dienone is 4. The Labute approximate surface area is 195 Å². The van der Waals surface area contributed by atoms with Crippen LogP contribution < -0.4 is 0 Å². The monoisotopic (exact) mass is 455 g/mol. The van der Waals surface area contributed by atoms with Gasteiger partial charge in [0.05, 0.1) is 5.69 Å². The Bertz CT molecular complexity index is 1030. The van der Waals surface area contributed by atoms with Crippen LogP contribution in [-0.4, -0.2) is 43.4 Å². The predicted molar refractivity (Wildman–Crippen MR) is 133 cm³/mol. The van der Waals surface area contributed by atoms with Crippen LogP contribution >= 0.6 is 0 Å². The van der Waals surface area contributed by atoms with E-state index in [0.717, 1.165) is 35.1 Å². The van der Waals surface area contributed by atoms with Gasteiger partial charge in [-0.15, -0.1) is 0 Å². The molecule has 0 unspecified atom stereocenters. The smallest absolute Gasteiger partial charge is 0.383 e. The van der Waals surface area contributed by atoms with Gasteiger partial charge >= 0.3 is 6.18 Å². The third-order valence-electron chi connectivity index (χ3n) is 4.96. The van der Waals surface area contributed by atoms with Gasteiger partial charge in [0.25, 0.3) is 0 Å². The molecule has 0 aliphatic heterocycles. The number of pyridine rings is 1. The number of benzene rings is 1. The number of nitrogens with zero attached hydrogens (tertiary/aromatic N) is 3. The summed E-state index contributed by atoms with van der Waals surface area (Å²) in [7, 11) is 5.52. The molecule has 0 aliphatic carbocycles. The number of alkyl halides is 3. The van der Waals surface area contributed by atoms with Gasteiger partial charge in [0.2, 0.25) is 0 Å². The van der Waals surface area contributed by atoms with Crippen molar-refractivity contribution in [1.82, 2.24) is 9.88 Å². The zero-order chi connectivity index (χ0) is 24.4. The van der Waals surface area contributed by atoms with Crippen molar-refractivity contribution in [2.24, 2.45) is 4.99 Å². The number of hydrogen-bond acceptors (Lipinski definition) is 3. The van der Waals surface area contributed by atoms with Crippen LogP contribution in [0, 0.1) is 0 Å². The summed E-state index contributed by atoms with van der Waals surface area (Å²) in [5.74, 6) is 0. The van der Waals surface area contributed by atoms with Crippen molar-refractivity contribution in [1.29, 1.82) is 0 Å². The molecule has 0 atom stereocenters. The molecular weight excluding hydrogens is 423 g/mol. The van der Waals surface area contributed by atoms with Crippen molar-refractivity contribution in [2.75, 3.05) is 21.1 Å². The summed E-state index contributed by atoms with van der Waals surface area (Å²) < 4.78 is 39.1. The lowest BCUT2D eigenvalue weighted by molar-refractivity contribution is -0.134. The van der Waals surface area contributed by atoms with Gasteiger partial charge in [0.1, 0.15) is 0 Å². The third kappa shape index (κ3) is 8.04. The maximum Gasteiger partial charge on any atom is 0.389 e. The van der Waals surface area contributed by atoms with Crippen LogP contribution in [0.15, 0.2) is 66.3 Å². The zero-order valence-electron chi connectivity index (χ0n) is 19.8. The molecule has 6 heteroatoms. The summed E-state index contributed by atoms with van der Waals surface area (Å²) in [6.45, 7) is 5.95. The normalized spacial score (nSPS) is 12.9. The Kier molecular flexibility index (Phi) is 9.64. The molecule has 0 N–H and O–H groups in total. The number of hydrogen-bond donors (Lipinski definition) is 0. The Morgan fingerprint density at radius 3 is 2.52 bits per heavy atom. The molecule has 0 saturated heterocycles. The Morgan fingerprint density at radius 1 is 1.15 bits per heavy atom. The average Bonchev–Trinajstić information content (AvgIpc) is 2.78. The number of halogens is 3. The fourth-order valence-corrected chi connectivity index (χ4v) is 3.43. The van der Waals surface area contributed by atoms with Gasteiger partial charge in [-0.2, -0.15) is 13.2 Å². The van der Waals surface area contributed by atoms with Gasteiger partial charge in [0.15, 0.2) is 0 Å². The largest absolute Gasteiger partial charge is 0.389 e. The van der Waals surface area contributed by atoms with Crippen molar-refractivity contribution in [2.45, 2.75) is 38.8 Å². The molecule has 0 fully saturated rings. The molecule has 0 radical (unpaired) electrons. The topological polar surface area (TPSA) is 28.5 Å². The van der Waals surface area contributed by atoms with Crippen molar-refractivity contribution >= 4 is 17.4 Å². The second kappa shape index (κ2) is 12.2. The zero-order valence-corrected chi connectivity index (χ0v) is 19.8. The summed E-state index contributed by atoms with van der Waals surface area (Å²) in [5.41, 5.74) is 5.28. The van der Waals surface area contributed by atoms with Gasteiger partial charge in [0, 0.05) is 56.8 Å². The molecule has 1 heterocycles. The molecular formula is C27H32F3N3. The van der Waals surface area contributed by atoms with Crippen molar-refractivity contribution in [3.8, 4) is 11.3 Å². The summed E-state index contributed by atoms with van der Waals surface area (Å²) in [6.07, 6.45) is 3.81. The Hall–Kier alpha value is -3.15. The first-order chi connectivity index (χ1) is 15.7. The van der Waals surface area contributed by atoms with Crippen LogP contribution in [-0.2, 0) is 6.42 Å². The lowest BCUT2D eigenvalue weighted by atomic mass is 9.97. The van der Waals surface area contributed by atoms with Crippen LogP contribution in [0.3, 0.4) is 0 Å². The van der Waals surface area contributed by atoms with Crippen LogP contribution in [0.4, 0.5) is 13.2 Å². The molecule has 0 amide bonds. The lowest BCUT2D eigenvalue weighted by Gasteiger charge is -2.14. The quantitative estimate of drug-likeness (QED) is 0.280. The van der Waals surface area contributed by atoms with Crippen LogP contribution in [0.2, 0.25) is 0 Å². The summed E-state index contributed by atoms with van der Waals surface area (Å²) >= 11 is 0. The number of rotatable bonds is 10. The number of aliphatic imine (C=N–C) groups is 1. The van der Waals surface area contributed by atoms with E-state index in [0.29, 0.717) is 17.0 Å². The maximum atomic E-state index is 13.0. The molecule has 0 spiro atoms. The van der Waals surface area contributed by atoms with E-state index in [4.69, 9.17) is 0 Å². The number of unbranched alkanes of at least 4 members (excludes halogenated alkanes) is 1. The fraction of sp³-hybridized carbons (Fsp3) is 0.333. The molecule has 1 aromatic carbocycles. The SMILES string of the molecule is C=C/C(=C\N(C)C)c1cccc(-c2ccc(/C(C=NC)=C/CCC)c(CCC(F)(F)F)n2)c1. The third-order valence-corrected chi connectivity index (χ3v) is 4.96. The molecule has 33 heavy (non-hydrogen) atoms. The molecule has 3 nitrogen and oxygen atoms in total. The van der Waals surface area contributed by atoms with Gasteiger partial charge in [-0.1, -0.05) is 56.3 Å². The van der Waals surface area contributed by atoms with Crippen LogP contribution in [0.25, 0.3) is 22.4 Å². The van der Waals surface area contributed by atoms with E-state index in [1.165, 1.54) is 0 Å². The first-order valence-corrected chi connectivity index (χ1v) is 11.0. The minimum absolute atomic E-state index is 0.189. The van der Waals surface area contributed by atoms with Crippen molar-refractivity contribution in [3.63, 3.8) is 0 Å².